The Bertz CT molecular complexity index is 486. The van der Waals surface area contributed by atoms with E-state index in [1.54, 1.807) is 11.0 Å². The maximum atomic E-state index is 12.3. The van der Waals surface area contributed by atoms with E-state index in [0.717, 1.165) is 18.5 Å². The molecule has 0 unspecified atom stereocenters. The van der Waals surface area contributed by atoms with E-state index in [4.69, 9.17) is 9.84 Å². The molecule has 1 aromatic rings. The molecule has 0 saturated carbocycles. The summed E-state index contributed by atoms with van der Waals surface area (Å²) < 4.78 is 5.35. The van der Waals surface area contributed by atoms with E-state index in [2.05, 4.69) is 17.1 Å². The van der Waals surface area contributed by atoms with Gasteiger partial charge in [0.2, 0.25) is 0 Å². The zero-order chi connectivity index (χ0) is 14.5. The van der Waals surface area contributed by atoms with Crippen molar-refractivity contribution in [3.63, 3.8) is 0 Å². The standard InChI is InChI=1S/C13H19N3O4/c1-2-3-9-6-11(15-14-9)13(19)16-4-5-20-10(8-16)7-12(17)18/h6,10H,2-5,7-8H2,1H3,(H,14,15)(H,17,18)/t10-/m0/s1. The Hall–Kier alpha value is -1.89. The molecule has 1 aliphatic heterocycles. The van der Waals surface area contributed by atoms with E-state index in [-0.39, 0.29) is 12.3 Å². The first kappa shape index (κ1) is 14.5. The molecule has 110 valence electrons. The van der Waals surface area contributed by atoms with E-state index < -0.39 is 12.1 Å². The van der Waals surface area contributed by atoms with Gasteiger partial charge in [0.25, 0.3) is 5.91 Å². The minimum absolute atomic E-state index is 0.0918. The van der Waals surface area contributed by atoms with Crippen LogP contribution in [0.5, 0.6) is 0 Å². The van der Waals surface area contributed by atoms with Crippen LogP contribution >= 0.6 is 0 Å². The summed E-state index contributed by atoms with van der Waals surface area (Å²) in [4.78, 5) is 24.6. The molecule has 2 rings (SSSR count). The largest absolute Gasteiger partial charge is 0.481 e. The van der Waals surface area contributed by atoms with Crippen LogP contribution in [0.15, 0.2) is 6.07 Å². The summed E-state index contributed by atoms with van der Waals surface area (Å²) in [6, 6.07) is 1.76. The number of hydrogen-bond acceptors (Lipinski definition) is 4. The van der Waals surface area contributed by atoms with E-state index in [9.17, 15) is 9.59 Å². The Morgan fingerprint density at radius 1 is 1.60 bits per heavy atom. The summed E-state index contributed by atoms with van der Waals surface area (Å²) >= 11 is 0. The van der Waals surface area contributed by atoms with Gasteiger partial charge < -0.3 is 14.7 Å². The summed E-state index contributed by atoms with van der Waals surface area (Å²) in [5, 5.41) is 15.6. The number of aliphatic carboxylic acids is 1. The van der Waals surface area contributed by atoms with Crippen LogP contribution in [-0.2, 0) is 16.0 Å². The van der Waals surface area contributed by atoms with Crippen molar-refractivity contribution in [3.8, 4) is 0 Å². The Morgan fingerprint density at radius 2 is 2.40 bits per heavy atom. The number of H-pyrrole nitrogens is 1. The highest BCUT2D eigenvalue weighted by Crippen LogP contribution is 2.13. The third-order valence-corrected chi connectivity index (χ3v) is 3.20. The van der Waals surface area contributed by atoms with Crippen LogP contribution in [0.25, 0.3) is 0 Å². The first-order valence-corrected chi connectivity index (χ1v) is 6.77. The van der Waals surface area contributed by atoms with Crippen LogP contribution in [0.2, 0.25) is 0 Å². The molecule has 1 amide bonds. The highest BCUT2D eigenvalue weighted by molar-refractivity contribution is 5.92. The number of carboxylic acids is 1. The molecule has 0 radical (unpaired) electrons. The fourth-order valence-corrected chi connectivity index (χ4v) is 2.25. The molecule has 1 aliphatic rings. The van der Waals surface area contributed by atoms with Crippen LogP contribution in [-0.4, -0.2) is 57.9 Å². The average molecular weight is 281 g/mol. The molecule has 1 atom stereocenters. The molecule has 7 nitrogen and oxygen atoms in total. The smallest absolute Gasteiger partial charge is 0.306 e. The van der Waals surface area contributed by atoms with Gasteiger partial charge in [0.15, 0.2) is 0 Å². The minimum Gasteiger partial charge on any atom is -0.481 e. The molecule has 2 heterocycles. The van der Waals surface area contributed by atoms with Gasteiger partial charge >= 0.3 is 5.97 Å². The lowest BCUT2D eigenvalue weighted by atomic mass is 10.2. The van der Waals surface area contributed by atoms with Crippen LogP contribution in [0, 0.1) is 0 Å². The molecule has 2 N–H and O–H groups in total. The second-order valence-electron chi connectivity index (χ2n) is 4.87. The van der Waals surface area contributed by atoms with Gasteiger partial charge in [-0.2, -0.15) is 5.10 Å². The number of nitrogens with one attached hydrogen (secondary N) is 1. The van der Waals surface area contributed by atoms with Gasteiger partial charge in [-0.25, -0.2) is 0 Å². The Morgan fingerprint density at radius 3 is 3.10 bits per heavy atom. The fourth-order valence-electron chi connectivity index (χ4n) is 2.25. The van der Waals surface area contributed by atoms with E-state index in [1.807, 2.05) is 0 Å². The van der Waals surface area contributed by atoms with E-state index in [0.29, 0.717) is 25.4 Å². The lowest BCUT2D eigenvalue weighted by Gasteiger charge is -2.31. The number of aromatic amines is 1. The predicted octanol–water partition coefficient (Wildman–Crippen LogP) is 0.678. The number of amides is 1. The number of ether oxygens (including phenoxy) is 1. The number of rotatable bonds is 5. The van der Waals surface area contributed by atoms with Crippen molar-refractivity contribution in [2.24, 2.45) is 0 Å². The number of hydrogen-bond donors (Lipinski definition) is 2. The quantitative estimate of drug-likeness (QED) is 0.827. The predicted molar refractivity (Wildman–Crippen MR) is 70.5 cm³/mol. The molecular weight excluding hydrogens is 262 g/mol. The maximum Gasteiger partial charge on any atom is 0.306 e. The number of carbonyl (C=O) groups is 2. The molecule has 0 bridgehead atoms. The highest BCUT2D eigenvalue weighted by Gasteiger charge is 2.27. The average Bonchev–Trinajstić information content (AvgIpc) is 2.86. The molecular formula is C13H19N3O4. The minimum atomic E-state index is -0.922. The Balaban J connectivity index is 1.98. The molecule has 20 heavy (non-hydrogen) atoms. The van der Waals surface area contributed by atoms with Crippen molar-refractivity contribution in [2.45, 2.75) is 32.3 Å². The van der Waals surface area contributed by atoms with Crippen LogP contribution in [0.4, 0.5) is 0 Å². The number of carbonyl (C=O) groups excluding carboxylic acids is 1. The molecule has 1 fully saturated rings. The maximum absolute atomic E-state index is 12.3. The van der Waals surface area contributed by atoms with Crippen LogP contribution in [0.3, 0.4) is 0 Å². The second kappa shape index (κ2) is 6.51. The number of nitrogens with zero attached hydrogens (tertiary/aromatic N) is 2. The third-order valence-electron chi connectivity index (χ3n) is 3.20. The van der Waals surface area contributed by atoms with Crippen molar-refractivity contribution in [1.82, 2.24) is 15.1 Å². The SMILES string of the molecule is CCCc1cc(C(=O)N2CCO[C@@H](CC(=O)O)C2)n[nH]1. The molecule has 1 aromatic heterocycles. The van der Waals surface area contributed by atoms with Gasteiger partial charge in [0.05, 0.1) is 19.1 Å². The zero-order valence-electron chi connectivity index (χ0n) is 11.5. The number of carboxylic acid groups (broad SMARTS) is 1. The van der Waals surface area contributed by atoms with Gasteiger partial charge in [-0.3, -0.25) is 14.7 Å². The highest BCUT2D eigenvalue weighted by atomic mass is 16.5. The van der Waals surface area contributed by atoms with Crippen molar-refractivity contribution < 1.29 is 19.4 Å². The normalized spacial score (nSPS) is 19.1. The van der Waals surface area contributed by atoms with Gasteiger partial charge in [-0.15, -0.1) is 0 Å². The third kappa shape index (κ3) is 3.57. The Labute approximate surface area is 116 Å². The fraction of sp³-hybridized carbons (Fsp3) is 0.615. The van der Waals surface area contributed by atoms with Gasteiger partial charge in [0, 0.05) is 18.8 Å². The van der Waals surface area contributed by atoms with E-state index in [1.165, 1.54) is 0 Å². The van der Waals surface area contributed by atoms with Crippen molar-refractivity contribution in [3.05, 3.63) is 17.5 Å². The topological polar surface area (TPSA) is 95.5 Å². The molecule has 0 aliphatic carbocycles. The van der Waals surface area contributed by atoms with Gasteiger partial charge in [0.1, 0.15) is 5.69 Å². The van der Waals surface area contributed by atoms with Crippen LogP contribution < -0.4 is 0 Å². The summed E-state index contributed by atoms with van der Waals surface area (Å²) in [6.45, 7) is 3.17. The molecule has 0 spiro atoms. The zero-order valence-corrected chi connectivity index (χ0v) is 11.5. The number of morpholine rings is 1. The van der Waals surface area contributed by atoms with Gasteiger partial charge in [-0.1, -0.05) is 13.3 Å². The monoisotopic (exact) mass is 281 g/mol. The van der Waals surface area contributed by atoms with Crippen molar-refractivity contribution in [1.29, 1.82) is 0 Å². The summed E-state index contributed by atoms with van der Waals surface area (Å²) in [7, 11) is 0. The van der Waals surface area contributed by atoms with Gasteiger partial charge in [-0.05, 0) is 12.5 Å². The first-order chi connectivity index (χ1) is 9.60. The van der Waals surface area contributed by atoms with Crippen molar-refractivity contribution >= 4 is 11.9 Å². The summed E-state index contributed by atoms with van der Waals surface area (Å²) in [6.07, 6.45) is 1.30. The number of aromatic nitrogens is 2. The van der Waals surface area contributed by atoms with Crippen LogP contribution in [0.1, 0.15) is 35.9 Å². The molecule has 7 heteroatoms. The summed E-state index contributed by atoms with van der Waals surface area (Å²) in [5.74, 6) is -1.10. The van der Waals surface area contributed by atoms with Crippen molar-refractivity contribution in [2.75, 3.05) is 19.7 Å². The lowest BCUT2D eigenvalue weighted by molar-refractivity contribution is -0.141. The summed E-state index contributed by atoms with van der Waals surface area (Å²) in [5.41, 5.74) is 1.32. The second-order valence-corrected chi connectivity index (χ2v) is 4.87. The van der Waals surface area contributed by atoms with E-state index >= 15 is 0 Å². The lowest BCUT2D eigenvalue weighted by Crippen LogP contribution is -2.46. The first-order valence-electron chi connectivity index (χ1n) is 6.77. The molecule has 1 saturated heterocycles. The number of aryl methyl sites for hydroxylation is 1. The Kier molecular flexibility index (Phi) is 4.73. The molecule has 0 aromatic carbocycles.